The standard InChI is InChI=1S/C17H23NO3/c1-12-4-5-16(10-13(12)2)21-11-17(20)18-8-6-15(7-9-18)14(3)19/h4-5,10,15H,6-9,11H2,1-3H3. The van der Waals surface area contributed by atoms with Gasteiger partial charge in [0, 0.05) is 19.0 Å². The van der Waals surface area contributed by atoms with Crippen molar-refractivity contribution in [3.63, 3.8) is 0 Å². The molecule has 4 heteroatoms. The van der Waals surface area contributed by atoms with Crippen LogP contribution in [0.2, 0.25) is 0 Å². The molecule has 0 aromatic heterocycles. The maximum absolute atomic E-state index is 12.1. The molecule has 1 fully saturated rings. The van der Waals surface area contributed by atoms with E-state index in [1.165, 1.54) is 5.56 Å². The van der Waals surface area contributed by atoms with Crippen LogP contribution in [0.1, 0.15) is 30.9 Å². The molecule has 0 saturated carbocycles. The van der Waals surface area contributed by atoms with Gasteiger partial charge in [0.2, 0.25) is 0 Å². The van der Waals surface area contributed by atoms with Gasteiger partial charge in [-0.25, -0.2) is 0 Å². The van der Waals surface area contributed by atoms with Gasteiger partial charge in [-0.2, -0.15) is 0 Å². The van der Waals surface area contributed by atoms with Gasteiger partial charge in [-0.15, -0.1) is 0 Å². The number of aryl methyl sites for hydroxylation is 2. The first-order valence-electron chi connectivity index (χ1n) is 7.45. The van der Waals surface area contributed by atoms with E-state index in [0.717, 1.165) is 24.2 Å². The molecule has 2 rings (SSSR count). The average molecular weight is 289 g/mol. The first-order valence-corrected chi connectivity index (χ1v) is 7.45. The van der Waals surface area contributed by atoms with Gasteiger partial charge in [-0.1, -0.05) is 6.07 Å². The summed E-state index contributed by atoms with van der Waals surface area (Å²) in [6.45, 7) is 7.07. The summed E-state index contributed by atoms with van der Waals surface area (Å²) in [6.07, 6.45) is 1.54. The van der Waals surface area contributed by atoms with Gasteiger partial charge in [0.1, 0.15) is 11.5 Å². The summed E-state index contributed by atoms with van der Waals surface area (Å²) in [6, 6.07) is 5.83. The van der Waals surface area contributed by atoms with E-state index in [1.807, 2.05) is 32.0 Å². The third-order valence-corrected chi connectivity index (χ3v) is 4.26. The Balaban J connectivity index is 1.82. The van der Waals surface area contributed by atoms with Crippen molar-refractivity contribution in [1.29, 1.82) is 0 Å². The molecule has 1 aromatic carbocycles. The Morgan fingerprint density at radius 3 is 2.43 bits per heavy atom. The number of carbonyl (C=O) groups excluding carboxylic acids is 2. The number of hydrogen-bond acceptors (Lipinski definition) is 3. The Hall–Kier alpha value is -1.84. The molecule has 1 aromatic rings. The van der Waals surface area contributed by atoms with Crippen LogP contribution in [-0.2, 0) is 9.59 Å². The molecule has 21 heavy (non-hydrogen) atoms. The molecule has 1 saturated heterocycles. The molecule has 4 nitrogen and oxygen atoms in total. The number of rotatable bonds is 4. The van der Waals surface area contributed by atoms with Crippen LogP contribution in [0.3, 0.4) is 0 Å². The van der Waals surface area contributed by atoms with Crippen LogP contribution >= 0.6 is 0 Å². The number of nitrogens with zero attached hydrogens (tertiary/aromatic N) is 1. The lowest BCUT2D eigenvalue weighted by molar-refractivity contribution is -0.136. The van der Waals surface area contributed by atoms with Crippen LogP contribution in [0, 0.1) is 19.8 Å². The van der Waals surface area contributed by atoms with E-state index in [0.29, 0.717) is 13.1 Å². The highest BCUT2D eigenvalue weighted by molar-refractivity contribution is 5.80. The monoisotopic (exact) mass is 289 g/mol. The number of Topliss-reactive ketones (excluding diaryl/α,β-unsaturated/α-hetero) is 1. The van der Waals surface area contributed by atoms with E-state index >= 15 is 0 Å². The van der Waals surface area contributed by atoms with Gasteiger partial charge in [-0.05, 0) is 56.9 Å². The van der Waals surface area contributed by atoms with Crippen LogP contribution < -0.4 is 4.74 Å². The Morgan fingerprint density at radius 1 is 1.19 bits per heavy atom. The number of likely N-dealkylation sites (tertiary alicyclic amines) is 1. The van der Waals surface area contributed by atoms with E-state index in [1.54, 1.807) is 11.8 Å². The van der Waals surface area contributed by atoms with Gasteiger partial charge in [0.15, 0.2) is 6.61 Å². The lowest BCUT2D eigenvalue weighted by Crippen LogP contribution is -2.42. The van der Waals surface area contributed by atoms with Crippen molar-refractivity contribution in [3.8, 4) is 5.75 Å². The maximum atomic E-state index is 12.1. The largest absolute Gasteiger partial charge is 0.484 e. The summed E-state index contributed by atoms with van der Waals surface area (Å²) in [5.41, 5.74) is 2.36. The van der Waals surface area contributed by atoms with Gasteiger partial charge in [0.25, 0.3) is 5.91 Å². The van der Waals surface area contributed by atoms with Crippen LogP contribution in [0.15, 0.2) is 18.2 Å². The quantitative estimate of drug-likeness (QED) is 0.855. The third-order valence-electron chi connectivity index (χ3n) is 4.26. The fraction of sp³-hybridized carbons (Fsp3) is 0.529. The minimum absolute atomic E-state index is 0.00442. The molecule has 0 bridgehead atoms. The highest BCUT2D eigenvalue weighted by Gasteiger charge is 2.25. The number of benzene rings is 1. The smallest absolute Gasteiger partial charge is 0.260 e. The highest BCUT2D eigenvalue weighted by atomic mass is 16.5. The fourth-order valence-electron chi connectivity index (χ4n) is 2.58. The SMILES string of the molecule is CC(=O)C1CCN(C(=O)COc2ccc(C)c(C)c2)CC1. The molecular formula is C17H23NO3. The van der Waals surface area contributed by atoms with Crippen molar-refractivity contribution in [1.82, 2.24) is 4.90 Å². The van der Waals surface area contributed by atoms with Crippen molar-refractivity contribution in [2.45, 2.75) is 33.6 Å². The van der Waals surface area contributed by atoms with E-state index < -0.39 is 0 Å². The molecular weight excluding hydrogens is 266 g/mol. The Morgan fingerprint density at radius 2 is 1.86 bits per heavy atom. The number of piperidine rings is 1. The summed E-state index contributed by atoms with van der Waals surface area (Å²) in [4.78, 5) is 25.2. The van der Waals surface area contributed by atoms with Crippen LogP contribution in [0.25, 0.3) is 0 Å². The molecule has 0 aliphatic carbocycles. The Labute approximate surface area is 126 Å². The Kier molecular flexibility index (Phi) is 4.99. The van der Waals surface area contributed by atoms with E-state index in [-0.39, 0.29) is 24.2 Å². The lowest BCUT2D eigenvalue weighted by Gasteiger charge is -2.30. The number of carbonyl (C=O) groups is 2. The maximum Gasteiger partial charge on any atom is 0.260 e. The van der Waals surface area contributed by atoms with Crippen molar-refractivity contribution in [3.05, 3.63) is 29.3 Å². The minimum atomic E-state index is -0.00442. The number of hydrogen-bond donors (Lipinski definition) is 0. The van der Waals surface area contributed by atoms with Crippen LogP contribution in [-0.4, -0.2) is 36.3 Å². The molecule has 0 spiro atoms. The average Bonchev–Trinajstić information content (AvgIpc) is 2.48. The molecule has 1 aliphatic heterocycles. The van der Waals surface area contributed by atoms with Gasteiger partial charge in [-0.3, -0.25) is 9.59 Å². The molecule has 114 valence electrons. The predicted octanol–water partition coefficient (Wildman–Crippen LogP) is 2.51. The van der Waals surface area contributed by atoms with Crippen molar-refractivity contribution in [2.24, 2.45) is 5.92 Å². The fourth-order valence-corrected chi connectivity index (χ4v) is 2.58. The second-order valence-electron chi connectivity index (χ2n) is 5.80. The summed E-state index contributed by atoms with van der Waals surface area (Å²) in [7, 11) is 0. The second-order valence-corrected chi connectivity index (χ2v) is 5.80. The van der Waals surface area contributed by atoms with E-state index in [2.05, 4.69) is 0 Å². The van der Waals surface area contributed by atoms with Crippen molar-refractivity contribution < 1.29 is 14.3 Å². The zero-order valence-corrected chi connectivity index (χ0v) is 13.0. The molecule has 1 heterocycles. The molecule has 1 aliphatic rings. The van der Waals surface area contributed by atoms with Crippen LogP contribution in [0.4, 0.5) is 0 Å². The second kappa shape index (κ2) is 6.74. The van der Waals surface area contributed by atoms with Crippen molar-refractivity contribution in [2.75, 3.05) is 19.7 Å². The summed E-state index contributed by atoms with van der Waals surface area (Å²) in [5.74, 6) is 1.07. The predicted molar refractivity (Wildman–Crippen MR) is 81.4 cm³/mol. The Bertz CT molecular complexity index is 531. The first kappa shape index (κ1) is 15.5. The normalized spacial score (nSPS) is 15.9. The number of amides is 1. The summed E-state index contributed by atoms with van der Waals surface area (Å²) in [5, 5.41) is 0. The van der Waals surface area contributed by atoms with Crippen molar-refractivity contribution >= 4 is 11.7 Å². The molecule has 0 atom stereocenters. The molecule has 0 radical (unpaired) electrons. The minimum Gasteiger partial charge on any atom is -0.484 e. The van der Waals surface area contributed by atoms with Crippen LogP contribution in [0.5, 0.6) is 5.75 Å². The zero-order valence-electron chi connectivity index (χ0n) is 13.0. The van der Waals surface area contributed by atoms with Gasteiger partial charge < -0.3 is 9.64 Å². The van der Waals surface area contributed by atoms with Gasteiger partial charge in [0.05, 0.1) is 0 Å². The third kappa shape index (κ3) is 4.06. The zero-order chi connectivity index (χ0) is 15.4. The summed E-state index contributed by atoms with van der Waals surface area (Å²) < 4.78 is 5.57. The number of ketones is 1. The lowest BCUT2D eigenvalue weighted by atomic mass is 9.93. The molecule has 0 unspecified atom stereocenters. The van der Waals surface area contributed by atoms with Gasteiger partial charge >= 0.3 is 0 Å². The van der Waals surface area contributed by atoms with E-state index in [4.69, 9.17) is 4.74 Å². The molecule has 0 N–H and O–H groups in total. The first-order chi connectivity index (χ1) is 9.97. The highest BCUT2D eigenvalue weighted by Crippen LogP contribution is 2.19. The van der Waals surface area contributed by atoms with E-state index in [9.17, 15) is 9.59 Å². The summed E-state index contributed by atoms with van der Waals surface area (Å²) >= 11 is 0. The number of ether oxygens (including phenoxy) is 1. The topological polar surface area (TPSA) is 46.6 Å². The molecule has 1 amide bonds.